The number of piperazine rings is 1. The van der Waals surface area contributed by atoms with Gasteiger partial charge < -0.3 is 15.1 Å². The van der Waals surface area contributed by atoms with Crippen LogP contribution < -0.4 is 10.2 Å². The number of carbonyl (C=O) groups excluding carboxylic acids is 1. The molecule has 1 aliphatic heterocycles. The Morgan fingerprint density at radius 1 is 1.11 bits per heavy atom. The summed E-state index contributed by atoms with van der Waals surface area (Å²) in [7, 11) is 2.04. The largest absolute Gasteiger partial charge is 0.367 e. The number of allylic oxidation sites excluding steroid dienone is 1. The fourth-order valence-corrected chi connectivity index (χ4v) is 4.24. The maximum absolute atomic E-state index is 14.9. The van der Waals surface area contributed by atoms with E-state index in [-0.39, 0.29) is 29.5 Å². The number of nitrogens with one attached hydrogen (secondary N) is 2. The monoisotopic (exact) mass is 489 g/mol. The highest BCUT2D eigenvalue weighted by Gasteiger charge is 2.19. The second-order valence-electron chi connectivity index (χ2n) is 8.77. The van der Waals surface area contributed by atoms with Gasteiger partial charge >= 0.3 is 0 Å². The van der Waals surface area contributed by atoms with Crippen LogP contribution >= 0.6 is 0 Å². The molecule has 0 unspecified atom stereocenters. The van der Waals surface area contributed by atoms with Gasteiger partial charge in [0.05, 0.1) is 23.0 Å². The Labute approximate surface area is 206 Å². The van der Waals surface area contributed by atoms with Crippen LogP contribution in [0.4, 0.5) is 26.1 Å². The van der Waals surface area contributed by atoms with Gasteiger partial charge in [0.1, 0.15) is 11.6 Å². The summed E-state index contributed by atoms with van der Waals surface area (Å²) in [6.45, 7) is 6.64. The Bertz CT molecular complexity index is 1440. The summed E-state index contributed by atoms with van der Waals surface area (Å²) < 4.78 is 29.6. The molecule has 2 N–H and O–H groups in total. The highest BCUT2D eigenvalue weighted by atomic mass is 19.1. The fraction of sp³-hybridized carbons (Fsp3) is 0.231. The molecule has 3 heterocycles. The summed E-state index contributed by atoms with van der Waals surface area (Å²) in [4.78, 5) is 25.1. The number of H-pyrrole nitrogens is 1. The van der Waals surface area contributed by atoms with Crippen LogP contribution in [0.15, 0.2) is 55.3 Å². The van der Waals surface area contributed by atoms with Crippen molar-refractivity contribution in [3.63, 3.8) is 0 Å². The van der Waals surface area contributed by atoms with Crippen LogP contribution in [0.1, 0.15) is 5.56 Å². The Morgan fingerprint density at radius 2 is 1.89 bits per heavy atom. The minimum absolute atomic E-state index is 0.103. The summed E-state index contributed by atoms with van der Waals surface area (Å²) in [5, 5.41) is 10.5. The van der Waals surface area contributed by atoms with Gasteiger partial charge in [-0.2, -0.15) is 10.1 Å². The third-order valence-corrected chi connectivity index (χ3v) is 6.25. The maximum Gasteiger partial charge on any atom is 0.229 e. The number of hydrogen-bond donors (Lipinski definition) is 2. The number of ketones is 1. The molecule has 0 radical (unpaired) electrons. The highest BCUT2D eigenvalue weighted by molar-refractivity contribution is 5.93. The van der Waals surface area contributed by atoms with Gasteiger partial charge in [-0.3, -0.25) is 9.89 Å². The number of hydrogen-bond acceptors (Lipinski definition) is 7. The van der Waals surface area contributed by atoms with Crippen molar-refractivity contribution >= 4 is 34.1 Å². The van der Waals surface area contributed by atoms with Crippen LogP contribution in [0.2, 0.25) is 0 Å². The van der Waals surface area contributed by atoms with Crippen molar-refractivity contribution in [1.29, 1.82) is 0 Å². The average molecular weight is 490 g/mol. The van der Waals surface area contributed by atoms with E-state index in [4.69, 9.17) is 0 Å². The van der Waals surface area contributed by atoms with Crippen molar-refractivity contribution in [2.24, 2.45) is 0 Å². The molecule has 0 spiro atoms. The lowest BCUT2D eigenvalue weighted by Gasteiger charge is -2.34. The molecule has 1 fully saturated rings. The van der Waals surface area contributed by atoms with Gasteiger partial charge in [-0.05, 0) is 49.0 Å². The lowest BCUT2D eigenvalue weighted by atomic mass is 10.0. The van der Waals surface area contributed by atoms with E-state index in [2.05, 4.69) is 37.0 Å². The molecule has 10 heteroatoms. The first-order chi connectivity index (χ1) is 17.4. The summed E-state index contributed by atoms with van der Waals surface area (Å²) in [6.07, 6.45) is 2.87. The van der Waals surface area contributed by atoms with Gasteiger partial charge in [0.15, 0.2) is 11.4 Å². The standard InChI is InChI=1S/C26H25F2N7O/c1-3-18(36)12-16-4-6-21(27)19(13-16)24-20-15-29-33-25(20)32-26(31-24)30-17-5-7-22(28)23(14-17)35-10-8-34(2)9-11-35/h3-7,13-15H,1,8-12H2,2H3,(H2,29,30,31,32,33). The second-order valence-corrected chi connectivity index (χ2v) is 8.77. The molecule has 4 aromatic rings. The van der Waals surface area contributed by atoms with Crippen molar-refractivity contribution in [1.82, 2.24) is 25.1 Å². The zero-order valence-electron chi connectivity index (χ0n) is 19.8. The third kappa shape index (κ3) is 4.80. The fourth-order valence-electron chi connectivity index (χ4n) is 4.24. The lowest BCUT2D eigenvalue weighted by Crippen LogP contribution is -2.44. The van der Waals surface area contributed by atoms with Crippen LogP contribution in [-0.4, -0.2) is 64.1 Å². The van der Waals surface area contributed by atoms with Crippen LogP contribution in [0.5, 0.6) is 0 Å². The predicted octanol–water partition coefficient (Wildman–Crippen LogP) is 4.09. The molecule has 0 saturated carbocycles. The third-order valence-electron chi connectivity index (χ3n) is 6.25. The van der Waals surface area contributed by atoms with E-state index in [1.165, 1.54) is 24.4 Å². The number of nitrogens with zero attached hydrogens (tertiary/aromatic N) is 5. The van der Waals surface area contributed by atoms with Crippen molar-refractivity contribution in [3.8, 4) is 11.3 Å². The molecule has 1 aliphatic rings. The van der Waals surface area contributed by atoms with Gasteiger partial charge in [0.25, 0.3) is 0 Å². The molecule has 0 bridgehead atoms. The molecule has 184 valence electrons. The van der Waals surface area contributed by atoms with E-state index in [1.54, 1.807) is 24.3 Å². The summed E-state index contributed by atoms with van der Waals surface area (Å²) in [5.41, 5.74) is 2.69. The summed E-state index contributed by atoms with van der Waals surface area (Å²) in [5.74, 6) is -0.761. The first kappa shape index (κ1) is 23.6. The minimum Gasteiger partial charge on any atom is -0.367 e. The number of likely N-dealkylation sites (N-methyl/N-ethyl adjacent to an activating group) is 1. The van der Waals surface area contributed by atoms with Crippen molar-refractivity contribution < 1.29 is 13.6 Å². The first-order valence-electron chi connectivity index (χ1n) is 11.6. The zero-order chi connectivity index (χ0) is 25.2. The van der Waals surface area contributed by atoms with E-state index < -0.39 is 5.82 Å². The van der Waals surface area contributed by atoms with E-state index in [9.17, 15) is 13.6 Å². The number of fused-ring (bicyclic) bond motifs is 1. The van der Waals surface area contributed by atoms with Crippen LogP contribution in [0.25, 0.3) is 22.3 Å². The number of aromatic nitrogens is 4. The van der Waals surface area contributed by atoms with Crippen LogP contribution in [0, 0.1) is 11.6 Å². The number of benzene rings is 2. The maximum atomic E-state index is 14.9. The van der Waals surface area contributed by atoms with E-state index >= 15 is 0 Å². The first-order valence-corrected chi connectivity index (χ1v) is 11.6. The summed E-state index contributed by atoms with van der Waals surface area (Å²) >= 11 is 0. The molecule has 0 atom stereocenters. The predicted molar refractivity (Wildman–Crippen MR) is 135 cm³/mol. The van der Waals surface area contributed by atoms with Crippen molar-refractivity contribution in [2.75, 3.05) is 43.4 Å². The molecule has 0 aliphatic carbocycles. The Kier molecular flexibility index (Phi) is 6.43. The number of anilines is 3. The van der Waals surface area contributed by atoms with Gasteiger partial charge in [-0.25, -0.2) is 13.8 Å². The SMILES string of the molecule is C=CC(=O)Cc1ccc(F)c(-c2nc(Nc3ccc(F)c(N4CCN(C)CC4)c3)nc3[nH]ncc23)c1. The molecule has 0 amide bonds. The van der Waals surface area contributed by atoms with E-state index in [0.717, 1.165) is 26.2 Å². The van der Waals surface area contributed by atoms with Crippen LogP contribution in [-0.2, 0) is 11.2 Å². The minimum atomic E-state index is -0.490. The normalized spacial score (nSPS) is 14.2. The van der Waals surface area contributed by atoms with Gasteiger partial charge in [-0.15, -0.1) is 0 Å². The molecule has 5 rings (SSSR count). The number of aromatic amines is 1. The molecular weight excluding hydrogens is 464 g/mol. The number of rotatable bonds is 7. The van der Waals surface area contributed by atoms with Crippen LogP contribution in [0.3, 0.4) is 0 Å². The smallest absolute Gasteiger partial charge is 0.229 e. The van der Waals surface area contributed by atoms with Gasteiger partial charge in [0.2, 0.25) is 5.95 Å². The molecule has 2 aromatic heterocycles. The molecular formula is C26H25F2N7O. The van der Waals surface area contributed by atoms with E-state index in [0.29, 0.717) is 33.7 Å². The van der Waals surface area contributed by atoms with Gasteiger partial charge in [-0.1, -0.05) is 12.6 Å². The molecule has 1 saturated heterocycles. The number of halogens is 2. The number of carbonyl (C=O) groups is 1. The summed E-state index contributed by atoms with van der Waals surface area (Å²) in [6, 6.07) is 9.21. The van der Waals surface area contributed by atoms with Crippen molar-refractivity contribution in [2.45, 2.75) is 6.42 Å². The topological polar surface area (TPSA) is 90.0 Å². The lowest BCUT2D eigenvalue weighted by molar-refractivity contribution is -0.114. The zero-order valence-corrected chi connectivity index (χ0v) is 19.8. The Hall–Kier alpha value is -4.18. The Balaban J connectivity index is 1.50. The molecule has 36 heavy (non-hydrogen) atoms. The Morgan fingerprint density at radius 3 is 2.67 bits per heavy atom. The average Bonchev–Trinajstić information content (AvgIpc) is 3.35. The quantitative estimate of drug-likeness (QED) is 0.378. The van der Waals surface area contributed by atoms with E-state index in [1.807, 2.05) is 11.9 Å². The molecule has 2 aromatic carbocycles. The van der Waals surface area contributed by atoms with Gasteiger partial charge in [0, 0.05) is 43.9 Å². The van der Waals surface area contributed by atoms with Crippen molar-refractivity contribution in [3.05, 3.63) is 72.4 Å². The highest BCUT2D eigenvalue weighted by Crippen LogP contribution is 2.31. The molecule has 8 nitrogen and oxygen atoms in total. The second kappa shape index (κ2) is 9.82.